The van der Waals surface area contributed by atoms with Gasteiger partial charge in [-0.05, 0) is 64.0 Å². The normalized spacial score (nSPS) is 26.5. The molecule has 2 aliphatic rings. The van der Waals surface area contributed by atoms with Crippen molar-refractivity contribution >= 4 is 5.91 Å². The van der Waals surface area contributed by atoms with Gasteiger partial charge in [-0.1, -0.05) is 58.3 Å². The van der Waals surface area contributed by atoms with Crippen LogP contribution in [0.15, 0.2) is 0 Å². The lowest BCUT2D eigenvalue weighted by Gasteiger charge is -2.39. The van der Waals surface area contributed by atoms with Crippen LogP contribution in [0.5, 0.6) is 0 Å². The number of unbranched alkanes of at least 4 members (excludes halogenated alkanes) is 1. The first-order valence-corrected chi connectivity index (χ1v) is 11.8. The second-order valence-electron chi connectivity index (χ2n) is 9.20. The van der Waals surface area contributed by atoms with Gasteiger partial charge in [-0.25, -0.2) is 0 Å². The maximum atomic E-state index is 12.9. The summed E-state index contributed by atoms with van der Waals surface area (Å²) < 4.78 is 0. The fourth-order valence-corrected chi connectivity index (χ4v) is 5.45. The number of rotatable bonds is 11. The van der Waals surface area contributed by atoms with Gasteiger partial charge in [-0.15, -0.1) is 0 Å². The van der Waals surface area contributed by atoms with Gasteiger partial charge in [0.1, 0.15) is 0 Å². The highest BCUT2D eigenvalue weighted by atomic mass is 16.2. The molecule has 158 valence electrons. The van der Waals surface area contributed by atoms with Gasteiger partial charge >= 0.3 is 0 Å². The monoisotopic (exact) mass is 379 g/mol. The maximum absolute atomic E-state index is 12.9. The van der Waals surface area contributed by atoms with Crippen molar-refractivity contribution in [1.82, 2.24) is 16.0 Å². The van der Waals surface area contributed by atoms with E-state index in [1.807, 2.05) is 7.05 Å². The summed E-state index contributed by atoms with van der Waals surface area (Å²) in [5, 5.41) is 10.2. The molecule has 0 spiro atoms. The van der Waals surface area contributed by atoms with Crippen LogP contribution in [0.1, 0.15) is 96.8 Å². The summed E-state index contributed by atoms with van der Waals surface area (Å²) in [5.74, 6) is 1.67. The highest BCUT2D eigenvalue weighted by Gasteiger charge is 2.39. The molecule has 4 heteroatoms. The molecule has 0 aromatic carbocycles. The third kappa shape index (κ3) is 7.05. The second kappa shape index (κ2) is 12.1. The van der Waals surface area contributed by atoms with Gasteiger partial charge in [-0.2, -0.15) is 0 Å². The maximum Gasteiger partial charge on any atom is 0.240 e. The summed E-state index contributed by atoms with van der Waals surface area (Å²) in [4.78, 5) is 12.9. The molecule has 2 rings (SSSR count). The first-order chi connectivity index (χ1) is 13.1. The number of amides is 1. The van der Waals surface area contributed by atoms with Crippen molar-refractivity contribution in [1.29, 1.82) is 0 Å². The lowest BCUT2D eigenvalue weighted by atomic mass is 9.73. The molecule has 0 bridgehead atoms. The minimum Gasteiger partial charge on any atom is -0.358 e. The van der Waals surface area contributed by atoms with Crippen LogP contribution in [0.25, 0.3) is 0 Å². The van der Waals surface area contributed by atoms with E-state index in [-0.39, 0.29) is 11.4 Å². The molecule has 1 amide bonds. The number of hydrogen-bond acceptors (Lipinski definition) is 3. The summed E-state index contributed by atoms with van der Waals surface area (Å²) in [6, 6.07) is 0.646. The van der Waals surface area contributed by atoms with Gasteiger partial charge in [0.2, 0.25) is 5.91 Å². The van der Waals surface area contributed by atoms with E-state index in [4.69, 9.17) is 0 Å². The molecule has 0 aliphatic heterocycles. The molecule has 3 N–H and O–H groups in total. The van der Waals surface area contributed by atoms with Crippen LogP contribution < -0.4 is 16.0 Å². The molecule has 0 aromatic rings. The highest BCUT2D eigenvalue weighted by Crippen LogP contribution is 2.36. The van der Waals surface area contributed by atoms with Crippen molar-refractivity contribution in [2.45, 2.75) is 108 Å². The summed E-state index contributed by atoms with van der Waals surface area (Å²) in [5.41, 5.74) is -0.387. The Morgan fingerprint density at radius 1 is 1.00 bits per heavy atom. The average molecular weight is 380 g/mol. The number of carbonyl (C=O) groups excluding carboxylic acids is 1. The van der Waals surface area contributed by atoms with Crippen molar-refractivity contribution in [2.24, 2.45) is 11.8 Å². The lowest BCUT2D eigenvalue weighted by molar-refractivity contribution is -0.128. The standard InChI is InChI=1S/C23H45N3O/c1-4-5-16-26-21-13-9-12-20(17-21)18-23(25-3,22(27)24-2)15-14-19-10-7-6-8-11-19/h19-21,25-26H,4-18H2,1-3H3,(H,24,27)/t20-,21-,23+/m0/s1. The number of nitrogens with one attached hydrogen (secondary N) is 3. The van der Waals surface area contributed by atoms with E-state index >= 15 is 0 Å². The summed E-state index contributed by atoms with van der Waals surface area (Å²) in [6.45, 7) is 3.39. The minimum absolute atomic E-state index is 0.196. The van der Waals surface area contributed by atoms with Crippen molar-refractivity contribution < 1.29 is 4.79 Å². The Bertz CT molecular complexity index is 422. The first kappa shape index (κ1) is 22.7. The van der Waals surface area contributed by atoms with E-state index in [2.05, 4.69) is 22.9 Å². The molecule has 0 heterocycles. The molecule has 0 saturated heterocycles. The SMILES string of the molecule is CCCCN[C@H]1CCC[C@H](C[C@@](CCC2CCCCC2)(NC)C(=O)NC)C1. The third-order valence-corrected chi connectivity index (χ3v) is 7.23. The molecule has 0 radical (unpaired) electrons. The Morgan fingerprint density at radius 3 is 2.41 bits per heavy atom. The zero-order valence-electron chi connectivity index (χ0n) is 18.2. The quantitative estimate of drug-likeness (QED) is 0.467. The van der Waals surface area contributed by atoms with Gasteiger partial charge in [-0.3, -0.25) is 4.79 Å². The van der Waals surface area contributed by atoms with Gasteiger partial charge in [0, 0.05) is 13.1 Å². The smallest absolute Gasteiger partial charge is 0.240 e. The van der Waals surface area contributed by atoms with Gasteiger partial charge in [0.05, 0.1) is 5.54 Å². The Kier molecular flexibility index (Phi) is 10.1. The van der Waals surface area contributed by atoms with E-state index in [1.54, 1.807) is 7.05 Å². The Hall–Kier alpha value is -0.610. The number of hydrogen-bond donors (Lipinski definition) is 3. The molecular weight excluding hydrogens is 334 g/mol. The van der Waals surface area contributed by atoms with E-state index in [0.717, 1.165) is 25.3 Å². The lowest BCUT2D eigenvalue weighted by Crippen LogP contribution is -2.56. The number of likely N-dealkylation sites (N-methyl/N-ethyl adjacent to an activating group) is 2. The van der Waals surface area contributed by atoms with E-state index in [1.165, 1.54) is 77.0 Å². The number of carbonyl (C=O) groups is 1. The zero-order chi connectivity index (χ0) is 19.5. The first-order valence-electron chi connectivity index (χ1n) is 11.8. The molecule has 2 saturated carbocycles. The van der Waals surface area contributed by atoms with E-state index in [9.17, 15) is 4.79 Å². The van der Waals surface area contributed by atoms with Crippen molar-refractivity contribution in [2.75, 3.05) is 20.6 Å². The fraction of sp³-hybridized carbons (Fsp3) is 0.957. The largest absolute Gasteiger partial charge is 0.358 e. The van der Waals surface area contributed by atoms with Gasteiger partial charge in [0.15, 0.2) is 0 Å². The zero-order valence-corrected chi connectivity index (χ0v) is 18.2. The van der Waals surface area contributed by atoms with Crippen LogP contribution in [0.3, 0.4) is 0 Å². The Balaban J connectivity index is 1.94. The molecule has 2 fully saturated rings. The third-order valence-electron chi connectivity index (χ3n) is 7.23. The molecule has 2 aliphatic carbocycles. The molecule has 3 atom stereocenters. The van der Waals surface area contributed by atoms with Crippen molar-refractivity contribution in [3.63, 3.8) is 0 Å². The molecule has 0 aromatic heterocycles. The van der Waals surface area contributed by atoms with Gasteiger partial charge in [0.25, 0.3) is 0 Å². The Labute approximate surface area is 168 Å². The fourth-order valence-electron chi connectivity index (χ4n) is 5.45. The molecular formula is C23H45N3O. The predicted molar refractivity (Wildman–Crippen MR) is 115 cm³/mol. The van der Waals surface area contributed by atoms with Crippen LogP contribution in [-0.2, 0) is 4.79 Å². The summed E-state index contributed by atoms with van der Waals surface area (Å²) in [6.07, 6.45) is 17.7. The van der Waals surface area contributed by atoms with Crippen LogP contribution in [0.2, 0.25) is 0 Å². The van der Waals surface area contributed by atoms with Gasteiger partial charge < -0.3 is 16.0 Å². The summed E-state index contributed by atoms with van der Waals surface area (Å²) in [7, 11) is 3.79. The average Bonchev–Trinajstić information content (AvgIpc) is 2.72. The summed E-state index contributed by atoms with van der Waals surface area (Å²) >= 11 is 0. The van der Waals surface area contributed by atoms with Crippen molar-refractivity contribution in [3.05, 3.63) is 0 Å². The van der Waals surface area contributed by atoms with Crippen LogP contribution >= 0.6 is 0 Å². The van der Waals surface area contributed by atoms with E-state index < -0.39 is 0 Å². The Morgan fingerprint density at radius 2 is 1.74 bits per heavy atom. The van der Waals surface area contributed by atoms with Crippen LogP contribution in [-0.4, -0.2) is 38.1 Å². The molecule has 4 nitrogen and oxygen atoms in total. The predicted octanol–water partition coefficient (Wildman–Crippen LogP) is 4.39. The molecule has 0 unspecified atom stereocenters. The molecule has 27 heavy (non-hydrogen) atoms. The van der Waals surface area contributed by atoms with Crippen molar-refractivity contribution in [3.8, 4) is 0 Å². The minimum atomic E-state index is -0.387. The highest BCUT2D eigenvalue weighted by molar-refractivity contribution is 5.86. The van der Waals surface area contributed by atoms with Crippen LogP contribution in [0, 0.1) is 11.8 Å². The van der Waals surface area contributed by atoms with Crippen LogP contribution in [0.4, 0.5) is 0 Å². The second-order valence-corrected chi connectivity index (χ2v) is 9.20. The van der Waals surface area contributed by atoms with E-state index in [0.29, 0.717) is 12.0 Å². The topological polar surface area (TPSA) is 53.2 Å².